The first-order valence-corrected chi connectivity index (χ1v) is 22.0. The average molecular weight is 849 g/mol. The predicted molar refractivity (Wildman–Crippen MR) is 207 cm³/mol. The lowest BCUT2D eigenvalue weighted by Crippen LogP contribution is -2.65. The molecule has 5 rings (SSSR count). The smallest absolute Gasteiger partial charge is 0.268 e. The lowest BCUT2D eigenvalue weighted by molar-refractivity contribution is -0.428. The van der Waals surface area contributed by atoms with Gasteiger partial charge in [0.15, 0.2) is 0 Å². The van der Waals surface area contributed by atoms with E-state index in [0.717, 1.165) is 6.42 Å². The molecular formula is C33H63B4N2O16P2-. The first kappa shape index (κ1) is 53.2. The molecule has 5 N–H and O–H groups in total. The summed E-state index contributed by atoms with van der Waals surface area (Å²) in [6, 6.07) is -2.81. The first-order valence-electron chi connectivity index (χ1n) is 19.0. The minimum atomic E-state index is -4.45. The van der Waals surface area contributed by atoms with E-state index in [1.807, 2.05) is 41.5 Å². The van der Waals surface area contributed by atoms with Crippen molar-refractivity contribution in [3.63, 3.8) is 0 Å². The van der Waals surface area contributed by atoms with E-state index in [0.29, 0.717) is 13.0 Å². The molecule has 0 aromatic heterocycles. The fraction of sp³-hybridized carbons (Fsp3) is 1.00. The summed E-state index contributed by atoms with van der Waals surface area (Å²) in [7, 11) is 14.0. The number of ether oxygens (including phenoxy) is 8. The maximum absolute atomic E-state index is 12.4. The van der Waals surface area contributed by atoms with E-state index in [4.69, 9.17) is 78.3 Å². The van der Waals surface area contributed by atoms with Crippen LogP contribution in [-0.2, 0) is 60.6 Å². The van der Waals surface area contributed by atoms with Crippen LogP contribution < -0.4 is 20.6 Å². The highest BCUT2D eigenvalue weighted by atomic mass is 31.2. The molecule has 24 heteroatoms. The molecule has 5 heterocycles. The third-order valence-electron chi connectivity index (χ3n) is 8.84. The second-order valence-corrected chi connectivity index (χ2v) is 18.2. The molecule has 6 unspecified atom stereocenters. The standard InChI is InChI=1S/C16H30B2NO8P.C8H16BNO2.C8H14BO6P.CH4/c1-8(2)23-6-11-10(5-13(17)26-11)19-28(21,22)24-7-12-15(25-9(3)4)14(20)16(18)27-12;1-5(2)11-4-7-6(10)3-8(9)12-7;1-4(2)13-6-5-3-12-16(10,11)15-7(6)8(9)14-5;/h8-16,20H,5-7H2,1-4H3,(H2,19,21,22);5-8H,3-4,10H2,1-2H3;4-8H,3H2,1-2H3,(H,10,11);1H4/p-1/t10?,11-,12-,13-,14-,15?,16-;6?,7-,8-;5-,6?,7-,8-;/m111./s1. The average Bonchev–Trinajstić information content (AvgIpc) is 3.74. The van der Waals surface area contributed by atoms with Gasteiger partial charge in [-0.3, -0.25) is 14.2 Å². The molecule has 2 bridgehead atoms. The Bertz CT molecular complexity index is 1270. The number of aliphatic hydroxyl groups is 1. The van der Waals surface area contributed by atoms with E-state index >= 15 is 0 Å². The molecular weight excluding hydrogens is 786 g/mol. The fourth-order valence-electron chi connectivity index (χ4n) is 6.29. The molecule has 324 valence electrons. The Hall–Kier alpha value is 0.0797. The molecule has 8 radical (unpaired) electrons. The Balaban J connectivity index is 0.000000325. The molecule has 5 saturated heterocycles. The molecule has 18 nitrogen and oxygen atoms in total. The quantitative estimate of drug-likeness (QED) is 0.128. The summed E-state index contributed by atoms with van der Waals surface area (Å²) in [6.07, 6.45) is -3.88. The van der Waals surface area contributed by atoms with Crippen molar-refractivity contribution < 1.29 is 81.2 Å². The van der Waals surface area contributed by atoms with Crippen molar-refractivity contribution >= 4 is 47.0 Å². The van der Waals surface area contributed by atoms with Gasteiger partial charge in [-0.2, -0.15) is 0 Å². The lowest BCUT2D eigenvalue weighted by Gasteiger charge is -2.31. The van der Waals surface area contributed by atoms with Crippen molar-refractivity contribution in [2.24, 2.45) is 0 Å². The molecule has 5 aliphatic rings. The van der Waals surface area contributed by atoms with E-state index in [9.17, 15) is 24.0 Å². The normalized spacial score (nSPS) is 40.0. The van der Waals surface area contributed by atoms with E-state index in [1.54, 1.807) is 13.8 Å². The Kier molecular flexibility index (Phi) is 22.5. The van der Waals surface area contributed by atoms with Gasteiger partial charge in [0.1, 0.15) is 80.2 Å². The Morgan fingerprint density at radius 3 is 1.89 bits per heavy atom. The van der Waals surface area contributed by atoms with Gasteiger partial charge >= 0.3 is 0 Å². The van der Waals surface area contributed by atoms with Gasteiger partial charge in [-0.25, -0.2) is 0 Å². The molecule has 0 aromatic rings. The maximum atomic E-state index is 12.4. The van der Waals surface area contributed by atoms with Crippen molar-refractivity contribution in [2.75, 3.05) is 26.4 Å². The molecule has 0 spiro atoms. The van der Waals surface area contributed by atoms with Crippen LogP contribution in [0, 0.1) is 0 Å². The highest BCUT2D eigenvalue weighted by Crippen LogP contribution is 2.47. The van der Waals surface area contributed by atoms with Gasteiger partial charge in [-0.05, 0) is 61.8 Å². The number of rotatable bonds is 15. The van der Waals surface area contributed by atoms with Crippen LogP contribution in [0.4, 0.5) is 0 Å². The van der Waals surface area contributed by atoms with Crippen LogP contribution in [0.15, 0.2) is 0 Å². The number of nitrogens with one attached hydrogen (secondary N) is 1. The number of aliphatic hydroxyl groups excluding tert-OH is 1. The van der Waals surface area contributed by atoms with Crippen LogP contribution in [0.25, 0.3) is 0 Å². The number of hydrogen-bond acceptors (Lipinski definition) is 16. The van der Waals surface area contributed by atoms with E-state index in [-0.39, 0.29) is 69.8 Å². The van der Waals surface area contributed by atoms with Crippen LogP contribution in [0.2, 0.25) is 0 Å². The van der Waals surface area contributed by atoms with Crippen molar-refractivity contribution in [1.29, 1.82) is 0 Å². The summed E-state index contributed by atoms with van der Waals surface area (Å²) in [4.78, 5) is 23.6. The second-order valence-electron chi connectivity index (χ2n) is 15.3. The third-order valence-corrected chi connectivity index (χ3v) is 10.9. The molecule has 5 aliphatic heterocycles. The molecule has 0 amide bonds. The van der Waals surface area contributed by atoms with E-state index < -0.39 is 82.3 Å². The van der Waals surface area contributed by atoms with Crippen molar-refractivity contribution in [2.45, 2.75) is 185 Å². The lowest BCUT2D eigenvalue weighted by atomic mass is 9.93. The topological polar surface area (TPSA) is 242 Å². The minimum Gasteiger partial charge on any atom is -0.766 e. The van der Waals surface area contributed by atoms with Gasteiger partial charge in [-0.1, -0.05) is 7.43 Å². The molecule has 0 aliphatic carbocycles. The number of fused-ring (bicyclic) bond motifs is 2. The molecule has 57 heavy (non-hydrogen) atoms. The summed E-state index contributed by atoms with van der Waals surface area (Å²) in [5.41, 5.74) is 3.96. The molecule has 16 atom stereocenters. The fourth-order valence-corrected chi connectivity index (χ4v) is 8.31. The summed E-state index contributed by atoms with van der Waals surface area (Å²) in [5.74, 6) is 0. The summed E-state index contributed by atoms with van der Waals surface area (Å²) >= 11 is 0. The zero-order chi connectivity index (χ0) is 42.1. The second kappa shape index (κ2) is 24.1. The predicted octanol–water partition coefficient (Wildman–Crippen LogP) is -1.32. The Morgan fingerprint density at radius 2 is 1.35 bits per heavy atom. The number of hydrogen-bond donors (Lipinski definition) is 3. The van der Waals surface area contributed by atoms with Gasteiger partial charge in [0.05, 0.1) is 56.9 Å². The molecule has 0 saturated carbocycles. The zero-order valence-corrected chi connectivity index (χ0v) is 35.4. The number of quaternary nitrogens is 1. The molecule has 0 aromatic carbocycles. The summed E-state index contributed by atoms with van der Waals surface area (Å²) in [6.45, 7) is 15.4. The van der Waals surface area contributed by atoms with Crippen molar-refractivity contribution in [1.82, 2.24) is 5.09 Å². The van der Waals surface area contributed by atoms with Gasteiger partial charge in [-0.15, -0.1) is 0 Å². The van der Waals surface area contributed by atoms with Crippen LogP contribution in [-0.4, -0.2) is 172 Å². The zero-order valence-electron chi connectivity index (χ0n) is 33.6. The first-order chi connectivity index (χ1) is 26.0. The number of phosphoric acid groups is 1. The van der Waals surface area contributed by atoms with Crippen LogP contribution in [0.3, 0.4) is 0 Å². The van der Waals surface area contributed by atoms with Crippen LogP contribution >= 0.6 is 15.6 Å². The van der Waals surface area contributed by atoms with Crippen LogP contribution in [0.1, 0.15) is 75.7 Å². The van der Waals surface area contributed by atoms with Gasteiger partial charge in [0.2, 0.25) is 7.75 Å². The highest BCUT2D eigenvalue weighted by molar-refractivity contribution is 7.49. The SMILES string of the molecule is C.[B][C@@H]1O[C@@H]2COP(=O)([O-])O[C@@H]1C2OC(C)C.[B][C@@H]1O[C@H](COP(=O)([O-])NC2C[C@H]([B])O[C@@H]2COC(C)C)C(OC(C)C)[C@H]1O.[B][C@H]1CC([NH3+])[C@@H](COC(C)C)O1. The molecule has 5 fully saturated rings. The van der Waals surface area contributed by atoms with E-state index in [2.05, 4.69) is 15.3 Å². The Labute approximate surface area is 344 Å². The van der Waals surface area contributed by atoms with Gasteiger partial charge in [0, 0.05) is 36.5 Å². The van der Waals surface area contributed by atoms with Crippen LogP contribution in [0.5, 0.6) is 0 Å². The van der Waals surface area contributed by atoms with E-state index in [1.165, 1.54) is 0 Å². The summed E-state index contributed by atoms with van der Waals surface area (Å²) < 4.78 is 81.8. The largest absolute Gasteiger partial charge is 0.766 e. The minimum absolute atomic E-state index is 0. The van der Waals surface area contributed by atoms with Crippen molar-refractivity contribution in [3.8, 4) is 0 Å². The third kappa shape index (κ3) is 17.8. The van der Waals surface area contributed by atoms with Gasteiger partial charge in [0.25, 0.3) is 7.82 Å². The highest BCUT2D eigenvalue weighted by Gasteiger charge is 2.49. The van der Waals surface area contributed by atoms with Crippen molar-refractivity contribution in [3.05, 3.63) is 0 Å². The Morgan fingerprint density at radius 1 is 0.807 bits per heavy atom. The maximum Gasteiger partial charge on any atom is 0.268 e. The van der Waals surface area contributed by atoms with Gasteiger partial charge < -0.3 is 72.1 Å². The summed E-state index contributed by atoms with van der Waals surface area (Å²) in [5, 5.41) is 12.5. The monoisotopic (exact) mass is 849 g/mol. The number of phosphoric ester groups is 1.